The van der Waals surface area contributed by atoms with Crippen molar-refractivity contribution in [3.63, 3.8) is 0 Å². The summed E-state index contributed by atoms with van der Waals surface area (Å²) in [4.78, 5) is 12.9. The molecular formula is C13H17N3O3S. The van der Waals surface area contributed by atoms with E-state index in [1.807, 2.05) is 11.9 Å². The molecule has 7 heteroatoms. The van der Waals surface area contributed by atoms with Crippen molar-refractivity contribution in [3.8, 4) is 0 Å². The fraction of sp³-hybridized carbons (Fsp3) is 0.385. The number of amidine groups is 1. The number of nitrogens with one attached hydrogen (secondary N) is 1. The molecule has 1 N–H and O–H groups in total. The third kappa shape index (κ3) is 3.36. The first-order valence-electron chi connectivity index (χ1n) is 6.31. The second kappa shape index (κ2) is 5.62. The maximum absolute atomic E-state index is 12.2. The van der Waals surface area contributed by atoms with Gasteiger partial charge >= 0.3 is 0 Å². The first-order valence-corrected chi connectivity index (χ1v) is 7.75. The average Bonchev–Trinajstić information content (AvgIpc) is 2.74. The molecule has 2 rings (SSSR count). The molecule has 0 atom stereocenters. The van der Waals surface area contributed by atoms with Crippen LogP contribution in [0.5, 0.6) is 0 Å². The van der Waals surface area contributed by atoms with Crippen LogP contribution in [0.1, 0.15) is 19.8 Å². The summed E-state index contributed by atoms with van der Waals surface area (Å²) in [5.41, 5.74) is 0.557. The Kier molecular flexibility index (Phi) is 4.08. The molecule has 1 aromatic rings. The van der Waals surface area contributed by atoms with E-state index in [1.54, 1.807) is 12.1 Å². The number of likely N-dealkylation sites (tertiary alicyclic amines) is 1. The number of rotatable bonds is 3. The summed E-state index contributed by atoms with van der Waals surface area (Å²) < 4.78 is 28.2. The minimum absolute atomic E-state index is 0.124. The quantitative estimate of drug-likeness (QED) is 0.915. The highest BCUT2D eigenvalue weighted by molar-refractivity contribution is 7.90. The van der Waals surface area contributed by atoms with Crippen molar-refractivity contribution in [1.29, 1.82) is 0 Å². The van der Waals surface area contributed by atoms with Crippen LogP contribution in [0.4, 0.5) is 5.69 Å². The van der Waals surface area contributed by atoms with E-state index in [4.69, 9.17) is 0 Å². The SMILES string of the molecule is CC(=O)Nc1ccc(S(=O)(=O)N=C2CCCN2C)cc1. The predicted molar refractivity (Wildman–Crippen MR) is 77.2 cm³/mol. The van der Waals surface area contributed by atoms with Gasteiger partial charge in [0.25, 0.3) is 10.0 Å². The molecule has 1 heterocycles. The summed E-state index contributed by atoms with van der Waals surface area (Å²) >= 11 is 0. The molecule has 0 spiro atoms. The highest BCUT2D eigenvalue weighted by Gasteiger charge is 2.20. The number of nitrogens with zero attached hydrogens (tertiary/aromatic N) is 2. The lowest BCUT2D eigenvalue weighted by Gasteiger charge is -2.11. The van der Waals surface area contributed by atoms with Gasteiger partial charge in [0, 0.05) is 32.6 Å². The first kappa shape index (κ1) is 14.5. The Morgan fingerprint density at radius 1 is 1.30 bits per heavy atom. The molecular weight excluding hydrogens is 278 g/mol. The number of hydrogen-bond acceptors (Lipinski definition) is 3. The summed E-state index contributed by atoms with van der Waals surface area (Å²) in [6.07, 6.45) is 1.60. The van der Waals surface area contributed by atoms with Crippen molar-refractivity contribution in [1.82, 2.24) is 4.90 Å². The van der Waals surface area contributed by atoms with Crippen LogP contribution in [0.25, 0.3) is 0 Å². The zero-order valence-corrected chi connectivity index (χ0v) is 12.3. The predicted octanol–water partition coefficient (Wildman–Crippen LogP) is 1.46. The van der Waals surface area contributed by atoms with Gasteiger partial charge in [0.15, 0.2) is 0 Å². The van der Waals surface area contributed by atoms with Crippen LogP contribution in [-0.4, -0.2) is 38.7 Å². The number of sulfonamides is 1. The van der Waals surface area contributed by atoms with Crippen LogP contribution in [0.15, 0.2) is 33.6 Å². The van der Waals surface area contributed by atoms with Gasteiger partial charge in [-0.1, -0.05) is 0 Å². The summed E-state index contributed by atoms with van der Waals surface area (Å²) in [7, 11) is -1.85. The lowest BCUT2D eigenvalue weighted by molar-refractivity contribution is -0.114. The van der Waals surface area contributed by atoms with E-state index in [-0.39, 0.29) is 10.8 Å². The van der Waals surface area contributed by atoms with Crippen LogP contribution >= 0.6 is 0 Å². The monoisotopic (exact) mass is 295 g/mol. The van der Waals surface area contributed by atoms with Gasteiger partial charge in [0.05, 0.1) is 4.90 Å². The van der Waals surface area contributed by atoms with Crippen LogP contribution < -0.4 is 5.32 Å². The number of anilines is 1. The van der Waals surface area contributed by atoms with E-state index in [2.05, 4.69) is 9.71 Å². The summed E-state index contributed by atoms with van der Waals surface area (Å²) in [5.74, 6) is 0.393. The Hall–Kier alpha value is -1.89. The average molecular weight is 295 g/mol. The minimum atomic E-state index is -3.69. The molecule has 0 aromatic heterocycles. The van der Waals surface area contributed by atoms with E-state index in [0.29, 0.717) is 17.9 Å². The Balaban J connectivity index is 2.24. The van der Waals surface area contributed by atoms with Crippen molar-refractivity contribution in [3.05, 3.63) is 24.3 Å². The molecule has 1 amide bonds. The van der Waals surface area contributed by atoms with E-state index in [0.717, 1.165) is 13.0 Å². The van der Waals surface area contributed by atoms with E-state index in [1.165, 1.54) is 19.1 Å². The van der Waals surface area contributed by atoms with Gasteiger partial charge in [0.1, 0.15) is 5.84 Å². The maximum Gasteiger partial charge on any atom is 0.283 e. The van der Waals surface area contributed by atoms with Gasteiger partial charge in [-0.2, -0.15) is 8.42 Å². The number of benzene rings is 1. The standard InChI is InChI=1S/C13H17N3O3S/c1-10(17)14-11-5-7-12(8-6-11)20(18,19)15-13-4-3-9-16(13)2/h5-8H,3-4,9H2,1-2H3,(H,14,17). The zero-order valence-electron chi connectivity index (χ0n) is 11.5. The normalized spacial score (nSPS) is 17.5. The molecule has 0 aliphatic carbocycles. The Bertz CT molecular complexity index is 635. The smallest absolute Gasteiger partial charge is 0.283 e. The van der Waals surface area contributed by atoms with Crippen LogP contribution in [0.3, 0.4) is 0 Å². The first-order chi connectivity index (χ1) is 9.38. The molecule has 108 valence electrons. The number of amides is 1. The fourth-order valence-corrected chi connectivity index (χ4v) is 3.11. The molecule has 1 aliphatic heterocycles. The van der Waals surface area contributed by atoms with Gasteiger partial charge in [0.2, 0.25) is 5.91 Å². The van der Waals surface area contributed by atoms with Crippen LogP contribution in [-0.2, 0) is 14.8 Å². The molecule has 1 aromatic carbocycles. The molecule has 0 radical (unpaired) electrons. The molecule has 1 saturated heterocycles. The number of carbonyl (C=O) groups is 1. The number of hydrogen-bond donors (Lipinski definition) is 1. The maximum atomic E-state index is 12.2. The van der Waals surface area contributed by atoms with E-state index < -0.39 is 10.0 Å². The molecule has 20 heavy (non-hydrogen) atoms. The summed E-state index contributed by atoms with van der Waals surface area (Å²) in [5, 5.41) is 2.59. The van der Waals surface area contributed by atoms with Crippen molar-refractivity contribution < 1.29 is 13.2 Å². The van der Waals surface area contributed by atoms with Gasteiger partial charge in [-0.25, -0.2) is 0 Å². The Morgan fingerprint density at radius 3 is 2.45 bits per heavy atom. The van der Waals surface area contributed by atoms with Gasteiger partial charge in [-0.3, -0.25) is 4.79 Å². The largest absolute Gasteiger partial charge is 0.362 e. The van der Waals surface area contributed by atoms with Gasteiger partial charge in [-0.15, -0.1) is 4.40 Å². The summed E-state index contributed by atoms with van der Waals surface area (Å²) in [6, 6.07) is 5.99. The van der Waals surface area contributed by atoms with Crippen molar-refractivity contribution in [2.45, 2.75) is 24.7 Å². The second-order valence-corrected chi connectivity index (χ2v) is 6.32. The van der Waals surface area contributed by atoms with E-state index >= 15 is 0 Å². The van der Waals surface area contributed by atoms with Crippen LogP contribution in [0.2, 0.25) is 0 Å². The van der Waals surface area contributed by atoms with Gasteiger partial charge in [-0.05, 0) is 30.7 Å². The third-order valence-corrected chi connectivity index (χ3v) is 4.35. The molecule has 1 fully saturated rings. The zero-order chi connectivity index (χ0) is 14.8. The molecule has 0 bridgehead atoms. The lowest BCUT2D eigenvalue weighted by Crippen LogP contribution is -2.20. The van der Waals surface area contributed by atoms with Crippen LogP contribution in [0, 0.1) is 0 Å². The fourth-order valence-electron chi connectivity index (χ4n) is 2.01. The molecule has 0 saturated carbocycles. The number of carbonyl (C=O) groups excluding carboxylic acids is 1. The topological polar surface area (TPSA) is 78.8 Å². The Morgan fingerprint density at radius 2 is 1.95 bits per heavy atom. The lowest BCUT2D eigenvalue weighted by atomic mass is 10.3. The van der Waals surface area contributed by atoms with Gasteiger partial charge < -0.3 is 10.2 Å². The molecule has 1 aliphatic rings. The Labute approximate surface area is 118 Å². The van der Waals surface area contributed by atoms with E-state index in [9.17, 15) is 13.2 Å². The second-order valence-electron chi connectivity index (χ2n) is 4.71. The van der Waals surface area contributed by atoms with Crippen molar-refractivity contribution >= 4 is 27.5 Å². The summed E-state index contributed by atoms with van der Waals surface area (Å²) in [6.45, 7) is 2.22. The van der Waals surface area contributed by atoms with Crippen molar-refractivity contribution in [2.75, 3.05) is 18.9 Å². The highest BCUT2D eigenvalue weighted by atomic mass is 32.2. The molecule has 6 nitrogen and oxygen atoms in total. The minimum Gasteiger partial charge on any atom is -0.362 e. The highest BCUT2D eigenvalue weighted by Crippen LogP contribution is 2.19. The molecule has 0 unspecified atom stereocenters. The van der Waals surface area contributed by atoms with Crippen molar-refractivity contribution in [2.24, 2.45) is 4.40 Å². The third-order valence-electron chi connectivity index (χ3n) is 3.03.